The van der Waals surface area contributed by atoms with Crippen molar-refractivity contribution in [3.05, 3.63) is 64.0 Å². The molecule has 0 aliphatic rings. The summed E-state index contributed by atoms with van der Waals surface area (Å²) in [5.41, 5.74) is 7.92. The molecule has 1 atom stereocenters. The molecule has 0 saturated heterocycles. The summed E-state index contributed by atoms with van der Waals surface area (Å²) in [5, 5.41) is 16.9. The second kappa shape index (κ2) is 25.1. The number of nitrogens with one attached hydrogen (secondary N) is 4. The van der Waals surface area contributed by atoms with Crippen molar-refractivity contribution in [3.8, 4) is 0 Å². The number of anilines is 2. The first-order valence-corrected chi connectivity index (χ1v) is 18.6. The molecular formula is C36H53N11O9. The van der Waals surface area contributed by atoms with Crippen molar-refractivity contribution in [2.45, 2.75) is 52.4 Å². The fourth-order valence-electron chi connectivity index (χ4n) is 4.90. The number of hydrogen-bond donors (Lipinski definition) is 5. The van der Waals surface area contributed by atoms with Crippen LogP contribution < -0.4 is 27.2 Å². The van der Waals surface area contributed by atoms with Gasteiger partial charge in [0, 0.05) is 36.8 Å². The number of carbonyl (C=O) groups excluding carboxylic acids is 2. The summed E-state index contributed by atoms with van der Waals surface area (Å²) in [7, 11) is 0. The number of nitrogen functional groups attached to an aromatic ring is 1. The van der Waals surface area contributed by atoms with E-state index in [1.807, 2.05) is 20.0 Å². The van der Waals surface area contributed by atoms with Crippen molar-refractivity contribution < 1.29 is 38.0 Å². The van der Waals surface area contributed by atoms with Gasteiger partial charge in [-0.05, 0) is 44.5 Å². The zero-order valence-electron chi connectivity index (χ0n) is 32.0. The minimum atomic E-state index is -0.462. The van der Waals surface area contributed by atoms with E-state index >= 15 is 0 Å². The van der Waals surface area contributed by atoms with Crippen molar-refractivity contribution in [1.29, 1.82) is 0 Å². The first-order chi connectivity index (χ1) is 27.3. The number of amides is 2. The van der Waals surface area contributed by atoms with E-state index in [9.17, 15) is 14.4 Å². The van der Waals surface area contributed by atoms with Crippen LogP contribution in [0.15, 0.2) is 41.5 Å². The van der Waals surface area contributed by atoms with E-state index in [2.05, 4.69) is 46.2 Å². The third-order valence-corrected chi connectivity index (χ3v) is 7.88. The quantitative estimate of drug-likeness (QED) is 0.0478. The number of hydrogen-bond acceptors (Lipinski definition) is 16. The Bertz CT molecular complexity index is 1810. The minimum absolute atomic E-state index is 0.0237. The van der Waals surface area contributed by atoms with Crippen molar-refractivity contribution in [1.82, 2.24) is 45.6 Å². The van der Waals surface area contributed by atoms with Crippen LogP contribution in [0.5, 0.6) is 0 Å². The summed E-state index contributed by atoms with van der Waals surface area (Å²) in [6.07, 6.45) is 4.12. The lowest BCUT2D eigenvalue weighted by atomic mass is 10.1. The zero-order chi connectivity index (χ0) is 39.8. The zero-order valence-corrected chi connectivity index (χ0v) is 32.0. The van der Waals surface area contributed by atoms with Crippen LogP contribution in [0, 0.1) is 0 Å². The molecule has 0 radical (unpaired) electrons. The second-order valence-corrected chi connectivity index (χ2v) is 12.4. The highest BCUT2D eigenvalue weighted by Crippen LogP contribution is 2.12. The van der Waals surface area contributed by atoms with E-state index in [4.69, 9.17) is 34.2 Å². The molecule has 0 spiro atoms. The highest BCUT2D eigenvalue weighted by Gasteiger charge is 2.12. The molecule has 0 bridgehead atoms. The van der Waals surface area contributed by atoms with Crippen molar-refractivity contribution in [2.75, 3.05) is 90.3 Å². The number of ether oxygens (including phenoxy) is 6. The third-order valence-electron chi connectivity index (χ3n) is 7.88. The van der Waals surface area contributed by atoms with Gasteiger partial charge in [0.2, 0.25) is 11.9 Å². The van der Waals surface area contributed by atoms with E-state index in [1.165, 1.54) is 6.20 Å². The molecule has 3 heterocycles. The van der Waals surface area contributed by atoms with E-state index in [0.717, 1.165) is 17.9 Å². The molecule has 1 aromatic carbocycles. The van der Waals surface area contributed by atoms with Crippen LogP contribution in [-0.2, 0) is 52.9 Å². The molecule has 4 aromatic rings. The summed E-state index contributed by atoms with van der Waals surface area (Å²) in [4.78, 5) is 51.9. The van der Waals surface area contributed by atoms with Gasteiger partial charge < -0.3 is 50.1 Å². The van der Waals surface area contributed by atoms with Crippen LogP contribution in [0.4, 0.5) is 11.6 Å². The van der Waals surface area contributed by atoms with Gasteiger partial charge in [-0.2, -0.15) is 4.98 Å². The number of benzene rings is 1. The fourth-order valence-corrected chi connectivity index (χ4v) is 4.90. The summed E-state index contributed by atoms with van der Waals surface area (Å²) < 4.78 is 34.7. The number of aromatic nitrogens is 7. The summed E-state index contributed by atoms with van der Waals surface area (Å²) in [6.45, 7) is 10.7. The van der Waals surface area contributed by atoms with Gasteiger partial charge in [0.25, 0.3) is 11.5 Å². The van der Waals surface area contributed by atoms with Gasteiger partial charge in [0.05, 0.1) is 104 Å². The smallest absolute Gasteiger partial charge is 0.280 e. The molecule has 2 amide bonds. The van der Waals surface area contributed by atoms with Crippen molar-refractivity contribution in [3.63, 3.8) is 0 Å². The number of carbonyl (C=O) groups is 2. The molecule has 3 aromatic heterocycles. The minimum Gasteiger partial charge on any atom is -0.379 e. The molecule has 0 aliphatic heterocycles. The average Bonchev–Trinajstić information content (AvgIpc) is 3.67. The molecule has 0 unspecified atom stereocenters. The van der Waals surface area contributed by atoms with E-state index in [0.29, 0.717) is 110 Å². The van der Waals surface area contributed by atoms with Crippen molar-refractivity contribution >= 4 is 34.6 Å². The number of aromatic amines is 1. The molecule has 0 aliphatic carbocycles. The highest BCUT2D eigenvalue weighted by atomic mass is 16.6. The Hall–Kier alpha value is -5.12. The SMILES string of the molecule is CCn1cc(COCCOCCOCCOCCOCCOCCNC(=O)CC[C@@H](C)NC(=O)c2ccc(NCc3cnc4nc(N)[nH]c(=O)c4n3)cc2)nn1. The van der Waals surface area contributed by atoms with Crippen LogP contribution >= 0.6 is 0 Å². The second-order valence-electron chi connectivity index (χ2n) is 12.4. The maximum Gasteiger partial charge on any atom is 0.280 e. The van der Waals surface area contributed by atoms with Gasteiger partial charge in [-0.15, -0.1) is 5.10 Å². The van der Waals surface area contributed by atoms with E-state index in [1.54, 1.807) is 28.9 Å². The highest BCUT2D eigenvalue weighted by molar-refractivity contribution is 5.94. The lowest BCUT2D eigenvalue weighted by Crippen LogP contribution is -2.34. The van der Waals surface area contributed by atoms with E-state index in [-0.39, 0.29) is 41.4 Å². The topological polar surface area (TPSA) is 254 Å². The first-order valence-electron chi connectivity index (χ1n) is 18.6. The Kier molecular flexibility index (Phi) is 19.6. The van der Waals surface area contributed by atoms with Gasteiger partial charge in [0.15, 0.2) is 11.2 Å². The number of rotatable bonds is 29. The molecule has 0 saturated carbocycles. The summed E-state index contributed by atoms with van der Waals surface area (Å²) >= 11 is 0. The Balaban J connectivity index is 0.904. The van der Waals surface area contributed by atoms with Gasteiger partial charge in [-0.3, -0.25) is 24.0 Å². The lowest BCUT2D eigenvalue weighted by Gasteiger charge is -2.14. The Morgan fingerprint density at radius 2 is 1.48 bits per heavy atom. The first kappa shape index (κ1) is 43.6. The molecule has 56 heavy (non-hydrogen) atoms. The number of nitrogens with zero attached hydrogens (tertiary/aromatic N) is 6. The number of fused-ring (bicyclic) bond motifs is 1. The third kappa shape index (κ3) is 16.7. The maximum atomic E-state index is 12.7. The molecular weight excluding hydrogens is 730 g/mol. The van der Waals surface area contributed by atoms with Gasteiger partial charge in [-0.1, -0.05) is 5.21 Å². The average molecular weight is 784 g/mol. The fraction of sp³-hybridized carbons (Fsp3) is 0.556. The largest absolute Gasteiger partial charge is 0.379 e. The maximum absolute atomic E-state index is 12.7. The number of nitrogens with two attached hydrogens (primary N) is 1. The monoisotopic (exact) mass is 783 g/mol. The Labute approximate surface area is 324 Å². The molecule has 306 valence electrons. The van der Waals surface area contributed by atoms with Gasteiger partial charge >= 0.3 is 0 Å². The predicted molar refractivity (Wildman–Crippen MR) is 205 cm³/mol. The van der Waals surface area contributed by atoms with Crippen LogP contribution in [0.25, 0.3) is 11.2 Å². The molecule has 20 nitrogen and oxygen atoms in total. The Morgan fingerprint density at radius 1 is 0.857 bits per heavy atom. The number of H-pyrrole nitrogens is 1. The standard InChI is InChI=1S/C36H53N11O9/c1-3-47-24-30(45-46-47)25-56-21-20-55-19-18-54-17-16-53-15-14-52-13-12-51-11-10-38-31(48)9-4-26(2)41-34(49)27-5-7-28(8-6-27)39-22-29-23-40-33-32(42-29)35(50)44-36(37)43-33/h5-8,23-24,26,39H,3-4,9-22,25H2,1-2H3,(H,38,48)(H,41,49)(H3,37,40,43,44,50)/t26-/m1/s1. The normalized spacial score (nSPS) is 11.8. The number of aryl methyl sites for hydroxylation is 1. The van der Waals surface area contributed by atoms with Gasteiger partial charge in [0.1, 0.15) is 5.69 Å². The van der Waals surface area contributed by atoms with Crippen LogP contribution in [-0.4, -0.2) is 132 Å². The molecule has 4 rings (SSSR count). The van der Waals surface area contributed by atoms with Crippen LogP contribution in [0.1, 0.15) is 48.4 Å². The lowest BCUT2D eigenvalue weighted by molar-refractivity contribution is -0.121. The van der Waals surface area contributed by atoms with Crippen molar-refractivity contribution in [2.24, 2.45) is 0 Å². The predicted octanol–water partition coefficient (Wildman–Crippen LogP) is 0.833. The summed E-state index contributed by atoms with van der Waals surface area (Å²) in [5.74, 6) is -0.384. The van der Waals surface area contributed by atoms with Crippen LogP contribution in [0.3, 0.4) is 0 Å². The van der Waals surface area contributed by atoms with Crippen LogP contribution in [0.2, 0.25) is 0 Å². The molecule has 0 fully saturated rings. The summed E-state index contributed by atoms with van der Waals surface area (Å²) in [6, 6.07) is 6.71. The molecule has 20 heteroatoms. The Morgan fingerprint density at radius 3 is 2.11 bits per heavy atom. The van der Waals surface area contributed by atoms with Gasteiger partial charge in [-0.25, -0.2) is 9.97 Å². The van der Waals surface area contributed by atoms with E-state index < -0.39 is 5.56 Å². The molecule has 6 N–H and O–H groups in total.